The van der Waals surface area contributed by atoms with Crippen molar-refractivity contribution < 1.29 is 12.8 Å². The Hall–Kier alpha value is -1.64. The maximum atomic E-state index is 11.5. The molecule has 0 saturated heterocycles. The highest BCUT2D eigenvalue weighted by molar-refractivity contribution is 7.89. The molecule has 7 nitrogen and oxygen atoms in total. The van der Waals surface area contributed by atoms with Crippen molar-refractivity contribution in [1.82, 2.24) is 19.6 Å². The second-order valence-electron chi connectivity index (χ2n) is 3.91. The number of sulfonamides is 1. The van der Waals surface area contributed by atoms with Gasteiger partial charge in [0.2, 0.25) is 5.09 Å². The first-order chi connectivity index (χ1) is 9.12. The van der Waals surface area contributed by atoms with E-state index in [1.807, 2.05) is 10.8 Å². The van der Waals surface area contributed by atoms with Gasteiger partial charge in [0.05, 0.1) is 12.9 Å². The Morgan fingerprint density at radius 1 is 1.42 bits per heavy atom. The normalized spacial score (nSPS) is 11.8. The molecular weight excluding hydrogens is 268 g/mol. The first-order valence-corrected chi connectivity index (χ1v) is 7.29. The van der Waals surface area contributed by atoms with Crippen LogP contribution in [0.5, 0.6) is 0 Å². The minimum atomic E-state index is -3.50. The zero-order valence-electron chi connectivity index (χ0n) is 10.5. The molecule has 2 heterocycles. The summed E-state index contributed by atoms with van der Waals surface area (Å²) in [6, 6.07) is 3.09. The van der Waals surface area contributed by atoms with Crippen LogP contribution >= 0.6 is 0 Å². The van der Waals surface area contributed by atoms with E-state index in [2.05, 4.69) is 15.0 Å². The van der Waals surface area contributed by atoms with Crippen LogP contribution < -0.4 is 10.0 Å². The molecule has 2 aromatic rings. The number of nitrogens with one attached hydrogen (secondary N) is 2. The monoisotopic (exact) mass is 284 g/mol. The zero-order valence-corrected chi connectivity index (χ0v) is 11.4. The van der Waals surface area contributed by atoms with Gasteiger partial charge in [-0.25, -0.2) is 18.1 Å². The quantitative estimate of drug-likeness (QED) is 0.708. The fourth-order valence-electron chi connectivity index (χ4n) is 1.54. The molecule has 2 N–H and O–H groups in total. The SMILES string of the molecule is CNS(=O)(=O)c1ccc(CNCCn2ccnc2)o1. The highest BCUT2D eigenvalue weighted by Crippen LogP contribution is 2.12. The average Bonchev–Trinajstić information content (AvgIpc) is 3.06. The smallest absolute Gasteiger partial charge is 0.273 e. The number of nitrogens with zero attached hydrogens (tertiary/aromatic N) is 2. The second kappa shape index (κ2) is 6.00. The topological polar surface area (TPSA) is 89.2 Å². The van der Waals surface area contributed by atoms with Gasteiger partial charge in [0.25, 0.3) is 10.0 Å². The third-order valence-electron chi connectivity index (χ3n) is 2.58. The molecule has 0 bridgehead atoms. The Labute approximate surface area is 111 Å². The number of hydrogen-bond donors (Lipinski definition) is 2. The van der Waals surface area contributed by atoms with E-state index in [0.717, 1.165) is 13.1 Å². The van der Waals surface area contributed by atoms with Crippen LogP contribution in [0.25, 0.3) is 0 Å². The fraction of sp³-hybridized carbons (Fsp3) is 0.364. The van der Waals surface area contributed by atoms with Crippen molar-refractivity contribution in [3.05, 3.63) is 36.6 Å². The molecule has 0 aliphatic heterocycles. The maximum absolute atomic E-state index is 11.5. The lowest BCUT2D eigenvalue weighted by molar-refractivity contribution is 0.399. The summed E-state index contributed by atoms with van der Waals surface area (Å²) in [4.78, 5) is 3.94. The van der Waals surface area contributed by atoms with Crippen molar-refractivity contribution in [2.24, 2.45) is 0 Å². The summed E-state index contributed by atoms with van der Waals surface area (Å²) in [7, 11) is -2.15. The molecule has 0 aliphatic carbocycles. The van der Waals surface area contributed by atoms with E-state index in [4.69, 9.17) is 4.42 Å². The molecule has 0 atom stereocenters. The summed E-state index contributed by atoms with van der Waals surface area (Å²) < 4.78 is 32.3. The van der Waals surface area contributed by atoms with E-state index >= 15 is 0 Å². The zero-order chi connectivity index (χ0) is 13.7. The molecule has 0 unspecified atom stereocenters. The van der Waals surface area contributed by atoms with E-state index in [0.29, 0.717) is 12.3 Å². The summed E-state index contributed by atoms with van der Waals surface area (Å²) in [5.41, 5.74) is 0. The molecule has 0 fully saturated rings. The van der Waals surface area contributed by atoms with Crippen molar-refractivity contribution >= 4 is 10.0 Å². The molecule has 19 heavy (non-hydrogen) atoms. The summed E-state index contributed by atoms with van der Waals surface area (Å²) in [6.45, 7) is 2.02. The van der Waals surface area contributed by atoms with E-state index in [1.54, 1.807) is 18.6 Å². The standard InChI is InChI=1S/C11H16N4O3S/c1-12-19(16,17)11-3-2-10(18-11)8-13-4-6-15-7-5-14-9-15/h2-3,5,7,9,12-13H,4,6,8H2,1H3. The second-order valence-corrected chi connectivity index (χ2v) is 5.72. The lowest BCUT2D eigenvalue weighted by Crippen LogP contribution is -2.19. The predicted molar refractivity (Wildman–Crippen MR) is 68.9 cm³/mol. The number of hydrogen-bond acceptors (Lipinski definition) is 5. The van der Waals surface area contributed by atoms with Crippen molar-refractivity contribution in [3.63, 3.8) is 0 Å². The van der Waals surface area contributed by atoms with E-state index in [1.165, 1.54) is 13.1 Å². The highest BCUT2D eigenvalue weighted by Gasteiger charge is 2.15. The Balaban J connectivity index is 1.81. The molecule has 104 valence electrons. The largest absolute Gasteiger partial charge is 0.447 e. The molecular formula is C11H16N4O3S. The predicted octanol–water partition coefficient (Wildman–Crippen LogP) is 0.174. The highest BCUT2D eigenvalue weighted by atomic mass is 32.2. The van der Waals surface area contributed by atoms with Gasteiger partial charge < -0.3 is 14.3 Å². The van der Waals surface area contributed by atoms with Crippen LogP contribution in [0.3, 0.4) is 0 Å². The van der Waals surface area contributed by atoms with Crippen molar-refractivity contribution in [2.75, 3.05) is 13.6 Å². The van der Waals surface area contributed by atoms with E-state index in [9.17, 15) is 8.42 Å². The molecule has 8 heteroatoms. The third-order valence-corrected chi connectivity index (χ3v) is 3.86. The van der Waals surface area contributed by atoms with Crippen LogP contribution in [0.4, 0.5) is 0 Å². The summed E-state index contributed by atoms with van der Waals surface area (Å²) in [6.07, 6.45) is 5.35. The van der Waals surface area contributed by atoms with Gasteiger partial charge in [-0.1, -0.05) is 0 Å². The minimum absolute atomic E-state index is 0.0681. The Morgan fingerprint density at radius 2 is 2.26 bits per heavy atom. The number of aromatic nitrogens is 2. The minimum Gasteiger partial charge on any atom is -0.447 e. The Kier molecular flexibility index (Phi) is 4.35. The van der Waals surface area contributed by atoms with Crippen molar-refractivity contribution in [3.8, 4) is 0 Å². The van der Waals surface area contributed by atoms with Gasteiger partial charge >= 0.3 is 0 Å². The number of imidazole rings is 1. The van der Waals surface area contributed by atoms with Gasteiger partial charge in [-0.3, -0.25) is 0 Å². The summed E-state index contributed by atoms with van der Waals surface area (Å²) >= 11 is 0. The molecule has 2 aromatic heterocycles. The van der Waals surface area contributed by atoms with Gasteiger partial charge in [-0.2, -0.15) is 0 Å². The van der Waals surface area contributed by atoms with Crippen LogP contribution in [0, 0.1) is 0 Å². The molecule has 0 radical (unpaired) electrons. The Morgan fingerprint density at radius 3 is 2.95 bits per heavy atom. The van der Waals surface area contributed by atoms with Crippen LogP contribution in [0.1, 0.15) is 5.76 Å². The molecule has 0 aromatic carbocycles. The van der Waals surface area contributed by atoms with Gasteiger partial charge in [-0.15, -0.1) is 0 Å². The molecule has 0 spiro atoms. The molecule has 2 rings (SSSR count). The number of furan rings is 1. The first-order valence-electron chi connectivity index (χ1n) is 5.80. The van der Waals surface area contributed by atoms with Crippen LogP contribution in [-0.4, -0.2) is 31.6 Å². The van der Waals surface area contributed by atoms with Crippen molar-refractivity contribution in [1.29, 1.82) is 0 Å². The molecule has 0 saturated carbocycles. The van der Waals surface area contributed by atoms with Gasteiger partial charge in [0.15, 0.2) is 0 Å². The van der Waals surface area contributed by atoms with Gasteiger partial charge in [0, 0.05) is 25.5 Å². The van der Waals surface area contributed by atoms with E-state index in [-0.39, 0.29) is 5.09 Å². The Bertz CT molecular complexity index is 604. The lowest BCUT2D eigenvalue weighted by atomic mass is 10.4. The average molecular weight is 284 g/mol. The first kappa shape index (κ1) is 13.8. The third kappa shape index (κ3) is 3.66. The summed E-state index contributed by atoms with van der Waals surface area (Å²) in [5, 5.41) is 3.10. The molecule has 0 aliphatic rings. The van der Waals surface area contributed by atoms with Crippen LogP contribution in [0.15, 0.2) is 40.4 Å². The maximum Gasteiger partial charge on any atom is 0.273 e. The van der Waals surface area contributed by atoms with Gasteiger partial charge in [-0.05, 0) is 19.2 Å². The lowest BCUT2D eigenvalue weighted by Gasteiger charge is -2.03. The molecule has 0 amide bonds. The van der Waals surface area contributed by atoms with Gasteiger partial charge in [0.1, 0.15) is 5.76 Å². The van der Waals surface area contributed by atoms with Crippen LogP contribution in [0.2, 0.25) is 0 Å². The van der Waals surface area contributed by atoms with E-state index < -0.39 is 10.0 Å². The van der Waals surface area contributed by atoms with Crippen LogP contribution in [-0.2, 0) is 23.1 Å². The number of rotatable bonds is 7. The van der Waals surface area contributed by atoms with Crippen molar-refractivity contribution in [2.45, 2.75) is 18.2 Å². The fourth-order valence-corrected chi connectivity index (χ4v) is 2.20. The summed E-state index contributed by atoms with van der Waals surface area (Å²) in [5.74, 6) is 0.583.